The molecule has 0 radical (unpaired) electrons. The average Bonchev–Trinajstić information content (AvgIpc) is 2.83. The normalized spacial score (nSPS) is 10.0. The van der Waals surface area contributed by atoms with E-state index in [1.807, 2.05) is 25.1 Å². The van der Waals surface area contributed by atoms with Crippen molar-refractivity contribution >= 4 is 17.3 Å². The van der Waals surface area contributed by atoms with Crippen LogP contribution in [-0.4, -0.2) is 40.4 Å². The smallest absolute Gasteiger partial charge is 0.277 e. The van der Waals surface area contributed by atoms with Gasteiger partial charge in [0.1, 0.15) is 0 Å². The Morgan fingerprint density at radius 2 is 2.24 bits per heavy atom. The van der Waals surface area contributed by atoms with E-state index in [0.29, 0.717) is 5.69 Å². The molecule has 0 aliphatic heterocycles. The van der Waals surface area contributed by atoms with Crippen molar-refractivity contribution < 1.29 is 4.79 Å². The van der Waals surface area contributed by atoms with Gasteiger partial charge in [0.25, 0.3) is 5.91 Å². The van der Waals surface area contributed by atoms with E-state index in [4.69, 9.17) is 0 Å². The van der Waals surface area contributed by atoms with Crippen LogP contribution in [0.3, 0.4) is 0 Å². The lowest BCUT2D eigenvalue weighted by Crippen LogP contribution is -2.17. The Balaban J connectivity index is 2.22. The Morgan fingerprint density at radius 1 is 1.41 bits per heavy atom. The molecule has 0 spiro atoms. The lowest BCUT2D eigenvalue weighted by molar-refractivity contribution is 0.102. The van der Waals surface area contributed by atoms with Crippen LogP contribution in [0.25, 0.3) is 0 Å². The summed E-state index contributed by atoms with van der Waals surface area (Å²) in [4.78, 5) is 17.6. The molecule has 0 aliphatic carbocycles. The molecule has 2 rings (SSSR count). The van der Waals surface area contributed by atoms with Crippen LogP contribution < -0.4 is 10.2 Å². The standard InChI is InChI=1S/C10H12N6O/c1-16(2)9-3-4-11-5-7(9)13-10(17)8-6-12-15-14-8/h3-6H,1-2H3,(H,13,17)(H,12,14,15). The number of hydrogen-bond acceptors (Lipinski definition) is 5. The SMILES string of the molecule is CN(C)c1ccncc1NC(=O)c1cn[nH]n1. The summed E-state index contributed by atoms with van der Waals surface area (Å²) in [6, 6.07) is 1.82. The highest BCUT2D eigenvalue weighted by Crippen LogP contribution is 2.22. The zero-order valence-electron chi connectivity index (χ0n) is 9.51. The van der Waals surface area contributed by atoms with Crippen LogP contribution in [0.15, 0.2) is 24.7 Å². The number of H-pyrrole nitrogens is 1. The molecule has 1 amide bonds. The largest absolute Gasteiger partial charge is 0.376 e. The molecule has 0 aromatic carbocycles. The first-order valence-electron chi connectivity index (χ1n) is 4.97. The van der Waals surface area contributed by atoms with Crippen molar-refractivity contribution in [3.63, 3.8) is 0 Å². The molecule has 0 fully saturated rings. The Bertz CT molecular complexity index is 507. The van der Waals surface area contributed by atoms with Crippen LogP contribution in [0.4, 0.5) is 11.4 Å². The number of hydrogen-bond donors (Lipinski definition) is 2. The molecule has 88 valence electrons. The Morgan fingerprint density at radius 3 is 2.88 bits per heavy atom. The van der Waals surface area contributed by atoms with Gasteiger partial charge in [0, 0.05) is 20.3 Å². The quantitative estimate of drug-likeness (QED) is 0.805. The number of carbonyl (C=O) groups is 1. The van der Waals surface area contributed by atoms with E-state index >= 15 is 0 Å². The van der Waals surface area contributed by atoms with Gasteiger partial charge in [-0.05, 0) is 6.07 Å². The maximum absolute atomic E-state index is 11.8. The molecule has 0 bridgehead atoms. The molecule has 2 aromatic heterocycles. The number of carbonyl (C=O) groups excluding carboxylic acids is 1. The fraction of sp³-hybridized carbons (Fsp3) is 0.200. The van der Waals surface area contributed by atoms with Gasteiger partial charge in [-0.3, -0.25) is 9.78 Å². The molecule has 0 unspecified atom stereocenters. The molecule has 0 atom stereocenters. The predicted octanol–water partition coefficient (Wildman–Crippen LogP) is 0.518. The lowest BCUT2D eigenvalue weighted by Gasteiger charge is -2.16. The first kappa shape index (κ1) is 11.1. The van der Waals surface area contributed by atoms with Crippen LogP contribution in [0, 0.1) is 0 Å². The van der Waals surface area contributed by atoms with Gasteiger partial charge in [-0.15, -0.1) is 0 Å². The number of anilines is 2. The van der Waals surface area contributed by atoms with Crippen LogP contribution in [-0.2, 0) is 0 Å². The molecule has 0 saturated heterocycles. The molecule has 7 nitrogen and oxygen atoms in total. The van der Waals surface area contributed by atoms with Crippen molar-refractivity contribution in [2.24, 2.45) is 0 Å². The van der Waals surface area contributed by atoms with Crippen molar-refractivity contribution in [3.05, 3.63) is 30.4 Å². The molecule has 0 saturated carbocycles. The van der Waals surface area contributed by atoms with Gasteiger partial charge >= 0.3 is 0 Å². The van der Waals surface area contributed by atoms with Gasteiger partial charge in [-0.25, -0.2) is 0 Å². The second-order valence-electron chi connectivity index (χ2n) is 3.60. The van der Waals surface area contributed by atoms with Crippen LogP contribution >= 0.6 is 0 Å². The summed E-state index contributed by atoms with van der Waals surface area (Å²) in [5, 5.41) is 12.4. The molecule has 2 N–H and O–H groups in total. The van der Waals surface area contributed by atoms with Gasteiger partial charge in [0.2, 0.25) is 0 Å². The highest BCUT2D eigenvalue weighted by atomic mass is 16.2. The molecular weight excluding hydrogens is 220 g/mol. The summed E-state index contributed by atoms with van der Waals surface area (Å²) in [5.74, 6) is -0.324. The number of aromatic nitrogens is 4. The van der Waals surface area contributed by atoms with Crippen molar-refractivity contribution in [1.29, 1.82) is 0 Å². The third-order valence-corrected chi connectivity index (χ3v) is 2.18. The summed E-state index contributed by atoms with van der Waals surface area (Å²) in [6.07, 6.45) is 4.62. The molecule has 0 aliphatic rings. The van der Waals surface area contributed by atoms with E-state index in [0.717, 1.165) is 5.69 Å². The first-order chi connectivity index (χ1) is 8.18. The van der Waals surface area contributed by atoms with Gasteiger partial charge in [0.05, 0.1) is 23.8 Å². The second-order valence-corrected chi connectivity index (χ2v) is 3.60. The van der Waals surface area contributed by atoms with Gasteiger partial charge < -0.3 is 10.2 Å². The van der Waals surface area contributed by atoms with Gasteiger partial charge in [-0.2, -0.15) is 15.4 Å². The van der Waals surface area contributed by atoms with Crippen molar-refractivity contribution in [1.82, 2.24) is 20.4 Å². The zero-order valence-corrected chi connectivity index (χ0v) is 9.51. The average molecular weight is 232 g/mol. The first-order valence-corrected chi connectivity index (χ1v) is 4.97. The van der Waals surface area contributed by atoms with E-state index < -0.39 is 0 Å². The molecule has 2 heterocycles. The van der Waals surface area contributed by atoms with Crippen LogP contribution in [0.1, 0.15) is 10.5 Å². The van der Waals surface area contributed by atoms with E-state index in [1.54, 1.807) is 12.4 Å². The zero-order chi connectivity index (χ0) is 12.3. The summed E-state index contributed by atoms with van der Waals surface area (Å²) in [6.45, 7) is 0. The van der Waals surface area contributed by atoms with Crippen molar-refractivity contribution in [3.8, 4) is 0 Å². The Labute approximate surface area is 97.9 Å². The number of amides is 1. The summed E-state index contributed by atoms with van der Waals surface area (Å²) in [5.41, 5.74) is 1.74. The summed E-state index contributed by atoms with van der Waals surface area (Å²) in [7, 11) is 3.78. The maximum Gasteiger partial charge on any atom is 0.277 e. The van der Waals surface area contributed by atoms with E-state index in [1.165, 1.54) is 6.20 Å². The minimum absolute atomic E-state index is 0.235. The maximum atomic E-state index is 11.8. The van der Waals surface area contributed by atoms with Crippen LogP contribution in [0.2, 0.25) is 0 Å². The Hall–Kier alpha value is -2.44. The Kier molecular flexibility index (Phi) is 2.99. The van der Waals surface area contributed by atoms with Crippen LogP contribution in [0.5, 0.6) is 0 Å². The summed E-state index contributed by atoms with van der Waals surface area (Å²) < 4.78 is 0. The number of nitrogens with one attached hydrogen (secondary N) is 2. The predicted molar refractivity (Wildman–Crippen MR) is 62.9 cm³/mol. The van der Waals surface area contributed by atoms with E-state index in [-0.39, 0.29) is 11.6 Å². The highest BCUT2D eigenvalue weighted by Gasteiger charge is 2.12. The third kappa shape index (κ3) is 2.39. The fourth-order valence-electron chi connectivity index (χ4n) is 1.37. The van der Waals surface area contributed by atoms with Gasteiger partial charge in [-0.1, -0.05) is 0 Å². The molecule has 17 heavy (non-hydrogen) atoms. The number of nitrogens with zero attached hydrogens (tertiary/aromatic N) is 4. The topological polar surface area (TPSA) is 86.8 Å². The monoisotopic (exact) mass is 232 g/mol. The fourth-order valence-corrected chi connectivity index (χ4v) is 1.37. The van der Waals surface area contributed by atoms with E-state index in [9.17, 15) is 4.79 Å². The highest BCUT2D eigenvalue weighted by molar-refractivity contribution is 6.04. The number of pyridine rings is 1. The lowest BCUT2D eigenvalue weighted by atomic mass is 10.3. The number of aromatic amines is 1. The molecule has 7 heteroatoms. The minimum Gasteiger partial charge on any atom is -0.376 e. The van der Waals surface area contributed by atoms with Gasteiger partial charge in [0.15, 0.2) is 5.69 Å². The molecular formula is C10H12N6O. The number of rotatable bonds is 3. The minimum atomic E-state index is -0.324. The van der Waals surface area contributed by atoms with E-state index in [2.05, 4.69) is 25.7 Å². The third-order valence-electron chi connectivity index (χ3n) is 2.18. The summed E-state index contributed by atoms with van der Waals surface area (Å²) >= 11 is 0. The second kappa shape index (κ2) is 4.60. The van der Waals surface area contributed by atoms with Crippen molar-refractivity contribution in [2.45, 2.75) is 0 Å². The van der Waals surface area contributed by atoms with Crippen molar-refractivity contribution in [2.75, 3.05) is 24.3 Å². The molecule has 2 aromatic rings.